The number of amides is 1. The van der Waals surface area contributed by atoms with Crippen LogP contribution in [0, 0.1) is 0 Å². The van der Waals surface area contributed by atoms with Crippen LogP contribution in [0.5, 0.6) is 0 Å². The number of halogens is 1. The molecule has 0 aliphatic heterocycles. The number of benzene rings is 2. The number of sulfonamides is 1. The van der Waals surface area contributed by atoms with Gasteiger partial charge in [-0.3, -0.25) is 14.4 Å². The molecule has 2 aromatic carbocycles. The number of carbonyl (C=O) groups excluding carboxylic acids is 1. The van der Waals surface area contributed by atoms with Crippen molar-refractivity contribution in [1.82, 2.24) is 10.2 Å². The van der Waals surface area contributed by atoms with E-state index in [0.717, 1.165) is 15.6 Å². The SMILES string of the molecule is CN(c1cccc(Cl)c1)S(=O)(=O)c1cccc(C(=O)Nc2nnc(-c3ccco3)s2)c1. The van der Waals surface area contributed by atoms with Crippen LogP contribution in [0.3, 0.4) is 0 Å². The van der Waals surface area contributed by atoms with Gasteiger partial charge in [0.1, 0.15) is 0 Å². The largest absolute Gasteiger partial charge is 0.462 e. The summed E-state index contributed by atoms with van der Waals surface area (Å²) in [5.41, 5.74) is 0.567. The molecule has 8 nitrogen and oxygen atoms in total. The maximum absolute atomic E-state index is 13.0. The number of furan rings is 1. The van der Waals surface area contributed by atoms with Crippen LogP contribution in [0.2, 0.25) is 5.02 Å². The summed E-state index contributed by atoms with van der Waals surface area (Å²) in [6.45, 7) is 0. The summed E-state index contributed by atoms with van der Waals surface area (Å²) in [5, 5.41) is 11.7. The molecule has 2 aromatic heterocycles. The molecule has 2 heterocycles. The third kappa shape index (κ3) is 4.46. The Labute approximate surface area is 187 Å². The van der Waals surface area contributed by atoms with Crippen molar-refractivity contribution in [1.29, 1.82) is 0 Å². The normalized spacial score (nSPS) is 11.3. The second kappa shape index (κ2) is 8.50. The average molecular weight is 475 g/mol. The molecule has 0 bridgehead atoms. The number of nitrogens with one attached hydrogen (secondary N) is 1. The molecule has 0 fully saturated rings. The number of anilines is 2. The molecule has 31 heavy (non-hydrogen) atoms. The van der Waals surface area contributed by atoms with Gasteiger partial charge in [0, 0.05) is 17.6 Å². The molecular formula is C20H15ClN4O4S2. The van der Waals surface area contributed by atoms with Crippen LogP contribution < -0.4 is 9.62 Å². The van der Waals surface area contributed by atoms with Crippen molar-refractivity contribution in [2.75, 3.05) is 16.7 Å². The highest BCUT2D eigenvalue weighted by Crippen LogP contribution is 2.28. The first kappa shape index (κ1) is 21.0. The lowest BCUT2D eigenvalue weighted by Gasteiger charge is -2.20. The molecule has 1 amide bonds. The molecule has 0 saturated carbocycles. The van der Waals surface area contributed by atoms with Crippen LogP contribution in [-0.4, -0.2) is 31.6 Å². The lowest BCUT2D eigenvalue weighted by molar-refractivity contribution is 0.102. The fourth-order valence-electron chi connectivity index (χ4n) is 2.71. The summed E-state index contributed by atoms with van der Waals surface area (Å²) >= 11 is 7.11. The number of hydrogen-bond acceptors (Lipinski definition) is 7. The zero-order valence-corrected chi connectivity index (χ0v) is 18.4. The molecule has 0 unspecified atom stereocenters. The van der Waals surface area contributed by atoms with Gasteiger partial charge in [-0.25, -0.2) is 8.42 Å². The van der Waals surface area contributed by atoms with Crippen LogP contribution in [0.25, 0.3) is 10.8 Å². The van der Waals surface area contributed by atoms with E-state index in [1.165, 1.54) is 37.6 Å². The Kier molecular flexibility index (Phi) is 5.77. The van der Waals surface area contributed by atoms with Crippen molar-refractivity contribution < 1.29 is 17.6 Å². The predicted octanol–water partition coefficient (Wildman–Crippen LogP) is 4.53. The van der Waals surface area contributed by atoms with Crippen molar-refractivity contribution in [2.24, 2.45) is 0 Å². The van der Waals surface area contributed by atoms with Gasteiger partial charge in [0.25, 0.3) is 15.9 Å². The molecule has 0 saturated heterocycles. The van der Waals surface area contributed by atoms with E-state index in [0.29, 0.717) is 21.5 Å². The second-order valence-corrected chi connectivity index (χ2v) is 9.71. The van der Waals surface area contributed by atoms with E-state index in [9.17, 15) is 13.2 Å². The van der Waals surface area contributed by atoms with Crippen LogP contribution in [-0.2, 0) is 10.0 Å². The minimum atomic E-state index is -3.91. The van der Waals surface area contributed by atoms with E-state index in [2.05, 4.69) is 15.5 Å². The van der Waals surface area contributed by atoms with Gasteiger partial charge < -0.3 is 4.42 Å². The van der Waals surface area contributed by atoms with E-state index in [1.54, 1.807) is 36.4 Å². The molecule has 4 rings (SSSR count). The quantitative estimate of drug-likeness (QED) is 0.440. The first-order chi connectivity index (χ1) is 14.8. The Bertz CT molecular complexity index is 1340. The van der Waals surface area contributed by atoms with Gasteiger partial charge in [-0.05, 0) is 48.5 Å². The molecule has 0 atom stereocenters. The molecule has 0 radical (unpaired) electrons. The zero-order valence-electron chi connectivity index (χ0n) is 16.0. The number of nitrogens with zero attached hydrogens (tertiary/aromatic N) is 3. The summed E-state index contributed by atoms with van der Waals surface area (Å²) in [5.74, 6) is 0.0275. The van der Waals surface area contributed by atoms with Crippen molar-refractivity contribution in [3.05, 3.63) is 77.5 Å². The molecule has 11 heteroatoms. The Morgan fingerprint density at radius 3 is 2.65 bits per heavy atom. The molecule has 0 spiro atoms. The minimum absolute atomic E-state index is 0.0313. The topological polar surface area (TPSA) is 105 Å². The molecule has 1 N–H and O–H groups in total. The monoisotopic (exact) mass is 474 g/mol. The summed E-state index contributed by atoms with van der Waals surface area (Å²) in [7, 11) is -2.48. The standard InChI is InChI=1S/C20H15ClN4O4S2/c1-25(15-7-3-6-14(21)12-15)31(27,28)16-8-2-5-13(11-16)18(26)22-20-24-23-19(30-20)17-9-4-10-29-17/h2-12H,1H3,(H,22,24,26). The zero-order chi connectivity index (χ0) is 22.0. The van der Waals surface area contributed by atoms with Gasteiger partial charge in [0.2, 0.25) is 5.13 Å². The maximum Gasteiger partial charge on any atom is 0.264 e. The Hall–Kier alpha value is -3.21. The maximum atomic E-state index is 13.0. The van der Waals surface area contributed by atoms with Crippen LogP contribution >= 0.6 is 22.9 Å². The van der Waals surface area contributed by atoms with E-state index < -0.39 is 15.9 Å². The van der Waals surface area contributed by atoms with Crippen LogP contribution in [0.1, 0.15) is 10.4 Å². The highest BCUT2D eigenvalue weighted by molar-refractivity contribution is 7.92. The predicted molar refractivity (Wildman–Crippen MR) is 119 cm³/mol. The van der Waals surface area contributed by atoms with E-state index >= 15 is 0 Å². The second-order valence-electron chi connectivity index (χ2n) is 6.32. The molecule has 4 aromatic rings. The minimum Gasteiger partial charge on any atom is -0.462 e. The number of carbonyl (C=O) groups is 1. The summed E-state index contributed by atoms with van der Waals surface area (Å²) < 4.78 is 32.4. The highest BCUT2D eigenvalue weighted by Gasteiger charge is 2.23. The van der Waals surface area contributed by atoms with E-state index in [-0.39, 0.29) is 15.6 Å². The third-order valence-corrected chi connectivity index (χ3v) is 7.17. The number of hydrogen-bond donors (Lipinski definition) is 1. The molecule has 158 valence electrons. The number of aromatic nitrogens is 2. The lowest BCUT2D eigenvalue weighted by Crippen LogP contribution is -2.26. The fraction of sp³-hybridized carbons (Fsp3) is 0.0500. The summed E-state index contributed by atoms with van der Waals surface area (Å²) in [6.07, 6.45) is 1.52. The Balaban J connectivity index is 1.55. The number of rotatable bonds is 6. The Morgan fingerprint density at radius 2 is 1.90 bits per heavy atom. The van der Waals surface area contributed by atoms with Crippen LogP contribution in [0.4, 0.5) is 10.8 Å². The molecule has 0 aliphatic carbocycles. The van der Waals surface area contributed by atoms with E-state index in [4.69, 9.17) is 16.0 Å². The summed E-state index contributed by atoms with van der Waals surface area (Å²) in [6, 6.07) is 15.7. The Morgan fingerprint density at radius 1 is 1.10 bits per heavy atom. The highest BCUT2D eigenvalue weighted by atomic mass is 35.5. The first-order valence-corrected chi connectivity index (χ1v) is 11.5. The van der Waals surface area contributed by atoms with Gasteiger partial charge in [-0.2, -0.15) is 0 Å². The molecular weight excluding hydrogens is 460 g/mol. The van der Waals surface area contributed by atoms with Gasteiger partial charge in [-0.15, -0.1) is 10.2 Å². The van der Waals surface area contributed by atoms with Gasteiger partial charge in [0.05, 0.1) is 16.8 Å². The van der Waals surface area contributed by atoms with Crippen molar-refractivity contribution in [3.8, 4) is 10.8 Å². The van der Waals surface area contributed by atoms with Gasteiger partial charge in [0.15, 0.2) is 10.8 Å². The van der Waals surface area contributed by atoms with Crippen molar-refractivity contribution in [2.45, 2.75) is 4.90 Å². The summed E-state index contributed by atoms with van der Waals surface area (Å²) in [4.78, 5) is 12.6. The molecule has 0 aliphatic rings. The van der Waals surface area contributed by atoms with E-state index in [1.807, 2.05) is 0 Å². The first-order valence-electron chi connectivity index (χ1n) is 8.88. The van der Waals surface area contributed by atoms with Crippen molar-refractivity contribution >= 4 is 49.7 Å². The lowest BCUT2D eigenvalue weighted by atomic mass is 10.2. The van der Waals surface area contributed by atoms with Crippen LogP contribution in [0.15, 0.2) is 76.2 Å². The average Bonchev–Trinajstić information content (AvgIpc) is 3.45. The smallest absolute Gasteiger partial charge is 0.264 e. The van der Waals surface area contributed by atoms with Gasteiger partial charge >= 0.3 is 0 Å². The fourth-order valence-corrected chi connectivity index (χ4v) is 4.83. The third-order valence-electron chi connectivity index (χ3n) is 4.30. The van der Waals surface area contributed by atoms with Crippen molar-refractivity contribution in [3.63, 3.8) is 0 Å². The van der Waals surface area contributed by atoms with Gasteiger partial charge in [-0.1, -0.05) is 35.1 Å².